The van der Waals surface area contributed by atoms with Gasteiger partial charge in [-0.05, 0) is 26.3 Å². The van der Waals surface area contributed by atoms with Crippen molar-refractivity contribution in [3.05, 3.63) is 18.0 Å². The Bertz CT molecular complexity index is 332. The van der Waals surface area contributed by atoms with Gasteiger partial charge in [0.2, 0.25) is 0 Å². The van der Waals surface area contributed by atoms with E-state index in [0.29, 0.717) is 0 Å². The molecule has 4 heteroatoms. The van der Waals surface area contributed by atoms with Crippen molar-refractivity contribution in [2.75, 3.05) is 13.1 Å². The molecule has 84 valence electrons. The van der Waals surface area contributed by atoms with E-state index in [1.807, 2.05) is 31.0 Å². The summed E-state index contributed by atoms with van der Waals surface area (Å²) in [6.45, 7) is 4.65. The van der Waals surface area contributed by atoms with Gasteiger partial charge in [0.1, 0.15) is 0 Å². The smallest absolute Gasteiger partial charge is 0.0746 e. The van der Waals surface area contributed by atoms with Crippen LogP contribution in [0.2, 0.25) is 0 Å². The molecule has 1 aliphatic rings. The first-order valence-electron chi connectivity index (χ1n) is 5.47. The third-order valence-electron chi connectivity index (χ3n) is 2.92. The van der Waals surface area contributed by atoms with E-state index in [9.17, 15) is 5.11 Å². The third kappa shape index (κ3) is 2.79. The lowest BCUT2D eigenvalue weighted by molar-refractivity contribution is -0.0181. The molecule has 2 rings (SSSR count). The topological polar surface area (TPSA) is 41.3 Å². The lowest BCUT2D eigenvalue weighted by Gasteiger charge is -2.36. The van der Waals surface area contributed by atoms with Crippen LogP contribution in [0.5, 0.6) is 0 Å². The molecule has 4 nitrogen and oxygen atoms in total. The molecule has 1 aliphatic heterocycles. The number of rotatable bonds is 2. The number of hydrogen-bond donors (Lipinski definition) is 1. The van der Waals surface area contributed by atoms with E-state index in [1.165, 1.54) is 5.56 Å². The van der Waals surface area contributed by atoms with Crippen LogP contribution in [0.15, 0.2) is 12.4 Å². The van der Waals surface area contributed by atoms with E-state index in [-0.39, 0.29) is 0 Å². The standard InChI is InChI=1S/C11H19N3O/c1-11(15)4-3-5-14(9-11)8-10-6-12-13(2)7-10/h6-7,15H,3-5,8-9H2,1-2H3. The Labute approximate surface area is 90.5 Å². The molecule has 1 N–H and O–H groups in total. The zero-order valence-electron chi connectivity index (χ0n) is 9.48. The fourth-order valence-corrected chi connectivity index (χ4v) is 2.27. The molecule has 0 aromatic carbocycles. The molecule has 0 amide bonds. The fourth-order valence-electron chi connectivity index (χ4n) is 2.27. The van der Waals surface area contributed by atoms with Crippen LogP contribution < -0.4 is 0 Å². The van der Waals surface area contributed by atoms with Crippen LogP contribution in [0.4, 0.5) is 0 Å². The van der Waals surface area contributed by atoms with Crippen molar-refractivity contribution in [1.29, 1.82) is 0 Å². The third-order valence-corrected chi connectivity index (χ3v) is 2.92. The van der Waals surface area contributed by atoms with E-state index >= 15 is 0 Å². The number of likely N-dealkylation sites (tertiary alicyclic amines) is 1. The van der Waals surface area contributed by atoms with E-state index in [1.54, 1.807) is 0 Å². The Kier molecular flexibility index (Phi) is 2.80. The molecule has 0 spiro atoms. The molecule has 1 aromatic rings. The Balaban J connectivity index is 1.95. The lowest BCUT2D eigenvalue weighted by Crippen LogP contribution is -2.45. The number of aliphatic hydroxyl groups is 1. The normalized spacial score (nSPS) is 28.2. The number of aryl methyl sites for hydroxylation is 1. The van der Waals surface area contributed by atoms with Crippen molar-refractivity contribution >= 4 is 0 Å². The van der Waals surface area contributed by atoms with Crippen LogP contribution in [0.1, 0.15) is 25.3 Å². The molecule has 0 radical (unpaired) electrons. The fraction of sp³-hybridized carbons (Fsp3) is 0.727. The van der Waals surface area contributed by atoms with Gasteiger partial charge in [-0.25, -0.2) is 0 Å². The van der Waals surface area contributed by atoms with Gasteiger partial charge in [0.15, 0.2) is 0 Å². The first-order chi connectivity index (χ1) is 7.05. The molecule has 2 heterocycles. The number of β-amino-alcohol motifs (C(OH)–C–C–N with tert-alkyl or cyclic N) is 1. The predicted molar refractivity (Wildman–Crippen MR) is 58.3 cm³/mol. The second-order valence-corrected chi connectivity index (χ2v) is 4.83. The summed E-state index contributed by atoms with van der Waals surface area (Å²) < 4.78 is 1.82. The Morgan fingerprint density at radius 3 is 3.00 bits per heavy atom. The highest BCUT2D eigenvalue weighted by Gasteiger charge is 2.28. The van der Waals surface area contributed by atoms with Crippen molar-refractivity contribution < 1.29 is 5.11 Å². The van der Waals surface area contributed by atoms with Gasteiger partial charge in [-0.15, -0.1) is 0 Å². The quantitative estimate of drug-likeness (QED) is 0.782. The predicted octanol–water partition coefficient (Wildman–Crippen LogP) is 0.767. The largest absolute Gasteiger partial charge is 0.389 e. The first kappa shape index (κ1) is 10.6. The number of hydrogen-bond acceptors (Lipinski definition) is 3. The molecule has 1 saturated heterocycles. The van der Waals surface area contributed by atoms with Crippen LogP contribution in [-0.2, 0) is 13.6 Å². The summed E-state index contributed by atoms with van der Waals surface area (Å²) in [5, 5.41) is 14.1. The minimum atomic E-state index is -0.513. The molecule has 1 unspecified atom stereocenters. The van der Waals surface area contributed by atoms with E-state index < -0.39 is 5.60 Å². The molecule has 1 fully saturated rings. The molecule has 0 saturated carbocycles. The van der Waals surface area contributed by atoms with Crippen LogP contribution in [0, 0.1) is 0 Å². The zero-order chi connectivity index (χ0) is 10.9. The van der Waals surface area contributed by atoms with Gasteiger partial charge in [0.05, 0.1) is 11.8 Å². The van der Waals surface area contributed by atoms with Crippen LogP contribution in [0.3, 0.4) is 0 Å². The van der Waals surface area contributed by atoms with E-state index in [4.69, 9.17) is 0 Å². The maximum absolute atomic E-state index is 9.97. The monoisotopic (exact) mass is 209 g/mol. The zero-order valence-corrected chi connectivity index (χ0v) is 9.48. The SMILES string of the molecule is Cn1cc(CN2CCCC(C)(O)C2)cn1. The molecule has 1 atom stereocenters. The summed E-state index contributed by atoms with van der Waals surface area (Å²) in [6, 6.07) is 0. The second-order valence-electron chi connectivity index (χ2n) is 4.83. The van der Waals surface area contributed by atoms with Gasteiger partial charge >= 0.3 is 0 Å². The number of aromatic nitrogens is 2. The Morgan fingerprint density at radius 2 is 2.40 bits per heavy atom. The number of piperidine rings is 1. The van der Waals surface area contributed by atoms with E-state index in [2.05, 4.69) is 10.00 Å². The molecule has 0 bridgehead atoms. The summed E-state index contributed by atoms with van der Waals surface area (Å²) in [4.78, 5) is 2.29. The van der Waals surface area contributed by atoms with Crippen molar-refractivity contribution in [1.82, 2.24) is 14.7 Å². The van der Waals surface area contributed by atoms with Crippen molar-refractivity contribution in [2.24, 2.45) is 7.05 Å². The summed E-state index contributed by atoms with van der Waals surface area (Å²) in [7, 11) is 1.93. The van der Waals surface area contributed by atoms with Gasteiger partial charge in [0.25, 0.3) is 0 Å². The average Bonchev–Trinajstić information content (AvgIpc) is 2.49. The molecule has 0 aliphatic carbocycles. The summed E-state index contributed by atoms with van der Waals surface area (Å²) >= 11 is 0. The Morgan fingerprint density at radius 1 is 1.60 bits per heavy atom. The van der Waals surface area contributed by atoms with Crippen molar-refractivity contribution in [3.63, 3.8) is 0 Å². The maximum Gasteiger partial charge on any atom is 0.0746 e. The second kappa shape index (κ2) is 3.94. The van der Waals surface area contributed by atoms with Gasteiger partial charge < -0.3 is 5.11 Å². The van der Waals surface area contributed by atoms with Gasteiger partial charge in [-0.3, -0.25) is 9.58 Å². The minimum Gasteiger partial charge on any atom is -0.389 e. The first-order valence-corrected chi connectivity index (χ1v) is 5.47. The molecule has 1 aromatic heterocycles. The van der Waals surface area contributed by atoms with Gasteiger partial charge in [-0.2, -0.15) is 5.10 Å². The van der Waals surface area contributed by atoms with E-state index in [0.717, 1.165) is 32.5 Å². The summed E-state index contributed by atoms with van der Waals surface area (Å²) in [5.74, 6) is 0. The highest BCUT2D eigenvalue weighted by Crippen LogP contribution is 2.21. The molecular weight excluding hydrogens is 190 g/mol. The highest BCUT2D eigenvalue weighted by molar-refractivity contribution is 5.04. The van der Waals surface area contributed by atoms with Crippen LogP contribution in [0.25, 0.3) is 0 Å². The van der Waals surface area contributed by atoms with Crippen molar-refractivity contribution in [2.45, 2.75) is 31.9 Å². The highest BCUT2D eigenvalue weighted by atomic mass is 16.3. The summed E-state index contributed by atoms with van der Waals surface area (Å²) in [6.07, 6.45) is 5.91. The van der Waals surface area contributed by atoms with Crippen LogP contribution in [-0.4, -0.2) is 38.5 Å². The van der Waals surface area contributed by atoms with Crippen LogP contribution >= 0.6 is 0 Å². The Hall–Kier alpha value is -0.870. The minimum absolute atomic E-state index is 0.513. The number of nitrogens with zero attached hydrogens (tertiary/aromatic N) is 3. The molecular formula is C11H19N3O. The van der Waals surface area contributed by atoms with Crippen molar-refractivity contribution in [3.8, 4) is 0 Å². The summed E-state index contributed by atoms with van der Waals surface area (Å²) in [5.41, 5.74) is 0.704. The molecule has 15 heavy (non-hydrogen) atoms. The average molecular weight is 209 g/mol. The van der Waals surface area contributed by atoms with Gasteiger partial charge in [0, 0.05) is 31.9 Å². The lowest BCUT2D eigenvalue weighted by atomic mass is 9.95. The maximum atomic E-state index is 9.97. The van der Waals surface area contributed by atoms with Gasteiger partial charge in [-0.1, -0.05) is 0 Å².